The highest BCUT2D eigenvalue weighted by Crippen LogP contribution is 2.40. The van der Waals surface area contributed by atoms with Crippen molar-refractivity contribution < 1.29 is 14.4 Å². The van der Waals surface area contributed by atoms with E-state index in [-0.39, 0.29) is 5.75 Å². The number of phenolic OH excluding ortho intramolecular Hbond substituents is 1. The summed E-state index contributed by atoms with van der Waals surface area (Å²) in [5.41, 5.74) is 5.75. The highest BCUT2D eigenvalue weighted by molar-refractivity contribution is 6.47. The van der Waals surface area contributed by atoms with Crippen LogP contribution in [0.1, 0.15) is 39.2 Å². The van der Waals surface area contributed by atoms with Crippen molar-refractivity contribution in [3.05, 3.63) is 28.8 Å². The van der Waals surface area contributed by atoms with Crippen LogP contribution in [0.2, 0.25) is 5.02 Å². The molecule has 104 valence electrons. The summed E-state index contributed by atoms with van der Waals surface area (Å²) < 4.78 is 11.7. The SMILES string of the molecule is CC1(C)OB(C(N)c2cc(Cl)ccc2O)OC1(C)C. The third-order valence-corrected chi connectivity index (χ3v) is 4.15. The Kier molecular flexibility index (Phi) is 3.60. The number of aromatic hydroxyl groups is 1. The molecule has 1 aromatic carbocycles. The zero-order chi connectivity index (χ0) is 14.4. The van der Waals surface area contributed by atoms with Crippen molar-refractivity contribution >= 4 is 18.7 Å². The molecular weight excluding hydrogens is 264 g/mol. The summed E-state index contributed by atoms with van der Waals surface area (Å²) in [6.07, 6.45) is 0. The normalized spacial score (nSPS) is 22.5. The third kappa shape index (κ3) is 2.61. The maximum atomic E-state index is 9.88. The quantitative estimate of drug-likeness (QED) is 0.819. The molecule has 0 aromatic heterocycles. The average molecular weight is 284 g/mol. The predicted octanol–water partition coefficient (Wildman–Crippen LogP) is 2.68. The van der Waals surface area contributed by atoms with Crippen LogP contribution in [0.25, 0.3) is 0 Å². The van der Waals surface area contributed by atoms with Gasteiger partial charge in [-0.15, -0.1) is 0 Å². The van der Waals surface area contributed by atoms with Crippen molar-refractivity contribution in [3.8, 4) is 5.75 Å². The lowest BCUT2D eigenvalue weighted by atomic mass is 9.74. The van der Waals surface area contributed by atoms with Crippen molar-refractivity contribution in [2.45, 2.75) is 44.8 Å². The molecule has 3 N–H and O–H groups in total. The van der Waals surface area contributed by atoms with E-state index in [4.69, 9.17) is 26.6 Å². The van der Waals surface area contributed by atoms with Crippen LogP contribution in [-0.2, 0) is 9.31 Å². The minimum atomic E-state index is -0.616. The molecule has 1 aliphatic heterocycles. The summed E-state index contributed by atoms with van der Waals surface area (Å²) in [6, 6.07) is 4.76. The number of nitrogens with two attached hydrogens (primary N) is 1. The van der Waals surface area contributed by atoms with Gasteiger partial charge in [-0.3, -0.25) is 0 Å². The van der Waals surface area contributed by atoms with E-state index in [1.165, 1.54) is 6.07 Å². The molecule has 1 aliphatic rings. The van der Waals surface area contributed by atoms with E-state index in [9.17, 15) is 5.11 Å². The van der Waals surface area contributed by atoms with E-state index in [2.05, 4.69) is 0 Å². The molecule has 1 atom stereocenters. The number of phenols is 1. The Bertz CT molecular complexity index is 477. The van der Waals surface area contributed by atoms with Gasteiger partial charge in [0.1, 0.15) is 5.75 Å². The minimum Gasteiger partial charge on any atom is -0.508 e. The second-order valence-corrected chi connectivity index (χ2v) is 6.29. The highest BCUT2D eigenvalue weighted by Gasteiger charge is 2.53. The van der Waals surface area contributed by atoms with Crippen molar-refractivity contribution in [1.82, 2.24) is 0 Å². The fourth-order valence-corrected chi connectivity index (χ4v) is 2.15. The Balaban J connectivity index is 2.27. The third-order valence-electron chi connectivity index (χ3n) is 3.91. The van der Waals surface area contributed by atoms with Crippen LogP contribution in [-0.4, -0.2) is 23.4 Å². The van der Waals surface area contributed by atoms with E-state index in [0.717, 1.165) is 0 Å². The molecule has 1 fully saturated rings. The maximum Gasteiger partial charge on any atom is 0.480 e. The molecule has 0 saturated carbocycles. The largest absolute Gasteiger partial charge is 0.508 e. The summed E-state index contributed by atoms with van der Waals surface area (Å²) in [7, 11) is -0.616. The molecule has 6 heteroatoms. The predicted molar refractivity (Wildman–Crippen MR) is 76.1 cm³/mol. The molecular formula is C13H19BClNO3. The molecule has 0 aliphatic carbocycles. The molecule has 0 spiro atoms. The Labute approximate surface area is 119 Å². The smallest absolute Gasteiger partial charge is 0.480 e. The van der Waals surface area contributed by atoms with Gasteiger partial charge in [-0.1, -0.05) is 11.6 Å². The number of hydrogen-bond acceptors (Lipinski definition) is 4. The van der Waals surface area contributed by atoms with Gasteiger partial charge in [0.25, 0.3) is 0 Å². The van der Waals surface area contributed by atoms with E-state index >= 15 is 0 Å². The number of benzene rings is 1. The Morgan fingerprint density at radius 2 is 1.74 bits per heavy atom. The molecule has 4 nitrogen and oxygen atoms in total. The molecule has 1 heterocycles. The highest BCUT2D eigenvalue weighted by atomic mass is 35.5. The molecule has 0 bridgehead atoms. The van der Waals surface area contributed by atoms with Gasteiger partial charge in [0.2, 0.25) is 0 Å². The maximum absolute atomic E-state index is 9.88. The van der Waals surface area contributed by atoms with Gasteiger partial charge < -0.3 is 20.1 Å². The summed E-state index contributed by atoms with van der Waals surface area (Å²) in [4.78, 5) is 0. The summed E-state index contributed by atoms with van der Waals surface area (Å²) in [5, 5.41) is 10.4. The summed E-state index contributed by atoms with van der Waals surface area (Å²) in [5.74, 6) is -0.508. The molecule has 1 saturated heterocycles. The van der Waals surface area contributed by atoms with Crippen molar-refractivity contribution in [3.63, 3.8) is 0 Å². The van der Waals surface area contributed by atoms with Crippen LogP contribution in [0.15, 0.2) is 18.2 Å². The lowest BCUT2D eigenvalue weighted by Crippen LogP contribution is -2.41. The second kappa shape index (κ2) is 4.67. The Morgan fingerprint density at radius 1 is 1.21 bits per heavy atom. The van der Waals surface area contributed by atoms with E-state index in [1.54, 1.807) is 12.1 Å². The van der Waals surface area contributed by atoms with Gasteiger partial charge in [-0.2, -0.15) is 0 Å². The van der Waals surface area contributed by atoms with Crippen molar-refractivity contribution in [2.24, 2.45) is 5.73 Å². The molecule has 19 heavy (non-hydrogen) atoms. The topological polar surface area (TPSA) is 64.7 Å². The van der Waals surface area contributed by atoms with Crippen LogP contribution >= 0.6 is 11.6 Å². The average Bonchev–Trinajstić information content (AvgIpc) is 2.51. The van der Waals surface area contributed by atoms with Gasteiger partial charge in [0.05, 0.1) is 17.1 Å². The minimum absolute atomic E-state index is 0.0895. The molecule has 0 amide bonds. The van der Waals surface area contributed by atoms with Crippen LogP contribution in [0.4, 0.5) is 0 Å². The molecule has 1 aromatic rings. The summed E-state index contributed by atoms with van der Waals surface area (Å²) in [6.45, 7) is 7.82. The lowest BCUT2D eigenvalue weighted by molar-refractivity contribution is 0.00578. The second-order valence-electron chi connectivity index (χ2n) is 5.85. The Morgan fingerprint density at radius 3 is 2.26 bits per heavy atom. The van der Waals surface area contributed by atoms with Gasteiger partial charge in [0, 0.05) is 10.6 Å². The van der Waals surface area contributed by atoms with Crippen molar-refractivity contribution in [1.29, 1.82) is 0 Å². The number of hydrogen-bond donors (Lipinski definition) is 2. The monoisotopic (exact) mass is 283 g/mol. The summed E-state index contributed by atoms with van der Waals surface area (Å²) >= 11 is 5.93. The first-order valence-corrected chi connectivity index (χ1v) is 6.61. The van der Waals surface area contributed by atoms with Gasteiger partial charge in [-0.05, 0) is 45.9 Å². The van der Waals surface area contributed by atoms with Gasteiger partial charge in [0.15, 0.2) is 0 Å². The first-order chi connectivity index (χ1) is 8.64. The van der Waals surface area contributed by atoms with Crippen LogP contribution in [0.5, 0.6) is 5.75 Å². The van der Waals surface area contributed by atoms with Crippen LogP contribution < -0.4 is 5.73 Å². The Hall–Kier alpha value is -0.745. The first kappa shape index (κ1) is 14.7. The number of rotatable bonds is 2. The van der Waals surface area contributed by atoms with E-state index in [1.807, 2.05) is 27.7 Å². The zero-order valence-corrected chi connectivity index (χ0v) is 12.4. The van der Waals surface area contributed by atoms with Gasteiger partial charge in [-0.25, -0.2) is 0 Å². The fourth-order valence-electron chi connectivity index (χ4n) is 1.97. The molecule has 0 radical (unpaired) electrons. The lowest BCUT2D eigenvalue weighted by Gasteiger charge is -2.32. The first-order valence-electron chi connectivity index (χ1n) is 6.24. The zero-order valence-electron chi connectivity index (χ0n) is 11.6. The standard InChI is InChI=1S/C13H19BClNO3/c1-12(2)13(3,4)19-14(18-12)11(16)9-7-8(15)5-6-10(9)17/h5-7,11,17H,16H2,1-4H3. The van der Waals surface area contributed by atoms with Crippen molar-refractivity contribution in [2.75, 3.05) is 0 Å². The van der Waals surface area contributed by atoms with E-state index in [0.29, 0.717) is 10.6 Å². The van der Waals surface area contributed by atoms with Crippen LogP contribution in [0.3, 0.4) is 0 Å². The van der Waals surface area contributed by atoms with Gasteiger partial charge >= 0.3 is 7.12 Å². The fraction of sp³-hybridized carbons (Fsp3) is 0.538. The van der Waals surface area contributed by atoms with Crippen LogP contribution in [0, 0.1) is 0 Å². The number of halogens is 1. The van der Waals surface area contributed by atoms with E-state index < -0.39 is 24.3 Å². The molecule has 1 unspecified atom stereocenters. The molecule has 2 rings (SSSR count).